The molecule has 0 aliphatic heterocycles. The molecule has 0 fully saturated rings. The first kappa shape index (κ1) is 20.8. The molecule has 28 heavy (non-hydrogen) atoms. The van der Waals surface area contributed by atoms with Crippen LogP contribution in [0, 0.1) is 0 Å². The number of nitrogens with one attached hydrogen (secondary N) is 2. The van der Waals surface area contributed by atoms with Crippen molar-refractivity contribution in [3.8, 4) is 0 Å². The average Bonchev–Trinajstić information content (AvgIpc) is 2.61. The maximum Gasteiger partial charge on any atom is 0.226 e. The summed E-state index contributed by atoms with van der Waals surface area (Å²) in [4.78, 5) is 48.4. The van der Waals surface area contributed by atoms with Crippen LogP contribution in [0.4, 0.5) is 17.1 Å². The lowest BCUT2D eigenvalue weighted by Gasteiger charge is -2.21. The van der Waals surface area contributed by atoms with E-state index in [9.17, 15) is 19.2 Å². The van der Waals surface area contributed by atoms with E-state index in [0.717, 1.165) is 0 Å². The quantitative estimate of drug-likeness (QED) is 0.720. The van der Waals surface area contributed by atoms with Crippen molar-refractivity contribution in [2.45, 2.75) is 27.2 Å². The molecule has 2 rings (SSSR count). The molecular formula is C21H23N3O4. The Morgan fingerprint density at radius 2 is 1.50 bits per heavy atom. The molecule has 0 radical (unpaired) electrons. The minimum absolute atomic E-state index is 0.0776. The summed E-state index contributed by atoms with van der Waals surface area (Å²) in [5.74, 6) is -0.784. The van der Waals surface area contributed by atoms with Crippen molar-refractivity contribution < 1.29 is 19.2 Å². The number of Topliss-reactive ketones (excluding diaryl/α,β-unsaturated/α-hetero) is 1. The molecular weight excluding hydrogens is 358 g/mol. The SMILES string of the molecule is CC(=O)Nc1cccc(N(CCC(=O)Nc2cccc(C(C)=O)c2)C(C)=O)c1. The van der Waals surface area contributed by atoms with E-state index in [2.05, 4.69) is 10.6 Å². The summed E-state index contributed by atoms with van der Waals surface area (Å²) in [6.07, 6.45) is 0.0776. The third-order valence-corrected chi connectivity index (χ3v) is 3.97. The normalized spacial score (nSPS) is 10.1. The van der Waals surface area contributed by atoms with Crippen LogP contribution in [-0.2, 0) is 14.4 Å². The fourth-order valence-electron chi connectivity index (χ4n) is 2.68. The highest BCUT2D eigenvalue weighted by molar-refractivity contribution is 5.98. The summed E-state index contributed by atoms with van der Waals surface area (Å²) in [5.41, 5.74) is 2.20. The largest absolute Gasteiger partial charge is 0.326 e. The van der Waals surface area contributed by atoms with Gasteiger partial charge in [0.1, 0.15) is 0 Å². The smallest absolute Gasteiger partial charge is 0.226 e. The maximum atomic E-state index is 12.3. The number of amides is 3. The van der Waals surface area contributed by atoms with E-state index >= 15 is 0 Å². The van der Waals surface area contributed by atoms with Gasteiger partial charge in [-0.25, -0.2) is 0 Å². The molecule has 2 aromatic carbocycles. The molecule has 2 N–H and O–H groups in total. The number of carbonyl (C=O) groups is 4. The number of rotatable bonds is 7. The lowest BCUT2D eigenvalue weighted by Crippen LogP contribution is -2.32. The van der Waals surface area contributed by atoms with Crippen molar-refractivity contribution in [3.63, 3.8) is 0 Å². The van der Waals surface area contributed by atoms with Crippen molar-refractivity contribution in [1.29, 1.82) is 0 Å². The summed E-state index contributed by atoms with van der Waals surface area (Å²) in [5, 5.41) is 5.40. The van der Waals surface area contributed by atoms with Crippen LogP contribution in [0.15, 0.2) is 48.5 Å². The first-order valence-electron chi connectivity index (χ1n) is 8.83. The first-order valence-corrected chi connectivity index (χ1v) is 8.83. The zero-order valence-electron chi connectivity index (χ0n) is 16.1. The van der Waals surface area contributed by atoms with Gasteiger partial charge >= 0.3 is 0 Å². The Labute approximate surface area is 163 Å². The number of hydrogen-bond acceptors (Lipinski definition) is 4. The van der Waals surface area contributed by atoms with E-state index in [4.69, 9.17) is 0 Å². The standard InChI is InChI=1S/C21H23N3O4/c1-14(25)17-6-4-7-18(12-17)23-21(28)10-11-24(16(3)27)20-9-5-8-19(13-20)22-15(2)26/h4-9,12-13H,10-11H2,1-3H3,(H,22,26)(H,23,28). The predicted octanol–water partition coefficient (Wildman–Crippen LogP) is 3.23. The number of carbonyl (C=O) groups excluding carboxylic acids is 4. The summed E-state index contributed by atoms with van der Waals surface area (Å²) >= 11 is 0. The zero-order chi connectivity index (χ0) is 20.7. The van der Waals surface area contributed by atoms with Gasteiger partial charge in [-0.05, 0) is 37.3 Å². The van der Waals surface area contributed by atoms with Crippen LogP contribution in [0.3, 0.4) is 0 Å². The van der Waals surface area contributed by atoms with Crippen LogP contribution < -0.4 is 15.5 Å². The third kappa shape index (κ3) is 6.05. The Morgan fingerprint density at radius 1 is 0.857 bits per heavy atom. The minimum atomic E-state index is -0.273. The number of anilines is 3. The Hall–Kier alpha value is -3.48. The molecule has 146 valence electrons. The van der Waals surface area contributed by atoms with Gasteiger partial charge in [0, 0.05) is 49.4 Å². The average molecular weight is 381 g/mol. The Kier molecular flexibility index (Phi) is 7.03. The molecule has 2 aromatic rings. The fourth-order valence-corrected chi connectivity index (χ4v) is 2.68. The van der Waals surface area contributed by atoms with Crippen LogP contribution in [0.25, 0.3) is 0 Å². The first-order chi connectivity index (χ1) is 13.3. The lowest BCUT2D eigenvalue weighted by atomic mass is 10.1. The Balaban J connectivity index is 2.04. The van der Waals surface area contributed by atoms with Crippen LogP contribution in [0.2, 0.25) is 0 Å². The second-order valence-corrected chi connectivity index (χ2v) is 6.34. The lowest BCUT2D eigenvalue weighted by molar-refractivity contribution is -0.117. The Morgan fingerprint density at radius 3 is 2.11 bits per heavy atom. The second kappa shape index (κ2) is 9.45. The second-order valence-electron chi connectivity index (χ2n) is 6.34. The van der Waals surface area contributed by atoms with Crippen LogP contribution in [0.5, 0.6) is 0 Å². The highest BCUT2D eigenvalue weighted by Gasteiger charge is 2.14. The van der Waals surface area contributed by atoms with Crippen molar-refractivity contribution in [3.05, 3.63) is 54.1 Å². The van der Waals surface area contributed by atoms with Gasteiger partial charge in [0.05, 0.1) is 0 Å². The summed E-state index contributed by atoms with van der Waals surface area (Å²) in [6.45, 7) is 4.46. The number of benzene rings is 2. The summed E-state index contributed by atoms with van der Waals surface area (Å²) in [7, 11) is 0. The van der Waals surface area contributed by atoms with Gasteiger partial charge in [-0.15, -0.1) is 0 Å². The van der Waals surface area contributed by atoms with E-state index in [-0.39, 0.29) is 36.5 Å². The van der Waals surface area contributed by atoms with Crippen LogP contribution in [-0.4, -0.2) is 30.0 Å². The monoisotopic (exact) mass is 381 g/mol. The molecule has 0 heterocycles. The van der Waals surface area contributed by atoms with Gasteiger partial charge in [-0.1, -0.05) is 18.2 Å². The van der Waals surface area contributed by atoms with Gasteiger partial charge in [-0.3, -0.25) is 19.2 Å². The highest BCUT2D eigenvalue weighted by Crippen LogP contribution is 2.20. The van der Waals surface area contributed by atoms with Crippen molar-refractivity contribution in [2.75, 3.05) is 22.1 Å². The molecule has 7 heteroatoms. The van der Waals surface area contributed by atoms with Gasteiger partial charge in [0.2, 0.25) is 17.7 Å². The molecule has 0 spiro atoms. The summed E-state index contributed by atoms with van der Waals surface area (Å²) < 4.78 is 0. The van der Waals surface area contributed by atoms with Gasteiger partial charge in [0.15, 0.2) is 5.78 Å². The number of nitrogens with zero attached hydrogens (tertiary/aromatic N) is 1. The molecule has 0 bridgehead atoms. The van der Waals surface area contributed by atoms with E-state index in [0.29, 0.717) is 22.6 Å². The van der Waals surface area contributed by atoms with Gasteiger partial charge in [0.25, 0.3) is 0 Å². The summed E-state index contributed by atoms with van der Waals surface area (Å²) in [6, 6.07) is 13.5. The molecule has 0 saturated heterocycles. The molecule has 7 nitrogen and oxygen atoms in total. The van der Waals surface area contributed by atoms with Crippen LogP contribution >= 0.6 is 0 Å². The molecule has 0 saturated carbocycles. The maximum absolute atomic E-state index is 12.3. The molecule has 0 aromatic heterocycles. The third-order valence-electron chi connectivity index (χ3n) is 3.97. The van der Waals surface area contributed by atoms with E-state index in [1.165, 1.54) is 25.7 Å². The minimum Gasteiger partial charge on any atom is -0.326 e. The molecule has 0 unspecified atom stereocenters. The van der Waals surface area contributed by atoms with E-state index in [1.807, 2.05) is 0 Å². The molecule has 3 amide bonds. The topological polar surface area (TPSA) is 95.6 Å². The predicted molar refractivity (Wildman–Crippen MR) is 108 cm³/mol. The number of ketones is 1. The molecule has 0 aliphatic rings. The highest BCUT2D eigenvalue weighted by atomic mass is 16.2. The van der Waals surface area contributed by atoms with Crippen molar-refractivity contribution >= 4 is 40.6 Å². The molecule has 0 aliphatic carbocycles. The number of hydrogen-bond donors (Lipinski definition) is 2. The Bertz CT molecular complexity index is 908. The van der Waals surface area contributed by atoms with Crippen molar-refractivity contribution in [2.24, 2.45) is 0 Å². The zero-order valence-corrected chi connectivity index (χ0v) is 16.1. The van der Waals surface area contributed by atoms with Crippen molar-refractivity contribution in [1.82, 2.24) is 0 Å². The van der Waals surface area contributed by atoms with Gasteiger partial charge in [-0.2, -0.15) is 0 Å². The fraction of sp³-hybridized carbons (Fsp3) is 0.238. The van der Waals surface area contributed by atoms with Gasteiger partial charge < -0.3 is 15.5 Å². The van der Waals surface area contributed by atoms with Crippen LogP contribution in [0.1, 0.15) is 37.6 Å². The molecule has 0 atom stereocenters. The van der Waals surface area contributed by atoms with E-state index < -0.39 is 0 Å². The van der Waals surface area contributed by atoms with E-state index in [1.54, 1.807) is 48.5 Å².